The number of hydrogen-bond donors (Lipinski definition) is 2. The van der Waals surface area contributed by atoms with E-state index >= 15 is 0 Å². The van der Waals surface area contributed by atoms with Crippen LogP contribution < -0.4 is 10.1 Å². The van der Waals surface area contributed by atoms with Crippen molar-refractivity contribution in [2.24, 2.45) is 5.41 Å². The van der Waals surface area contributed by atoms with Gasteiger partial charge in [-0.1, -0.05) is 19.1 Å². The second-order valence-electron chi connectivity index (χ2n) is 8.16. The van der Waals surface area contributed by atoms with E-state index in [0.717, 1.165) is 23.1 Å². The Morgan fingerprint density at radius 1 is 1.22 bits per heavy atom. The first kappa shape index (κ1) is 21.4. The summed E-state index contributed by atoms with van der Waals surface area (Å²) in [6.07, 6.45) is 9.41. The highest BCUT2D eigenvalue weighted by molar-refractivity contribution is 5.97. The lowest BCUT2D eigenvalue weighted by molar-refractivity contribution is 0.0939. The molecule has 3 aromatic rings. The van der Waals surface area contributed by atoms with Crippen molar-refractivity contribution < 1.29 is 9.53 Å². The molecule has 0 aliphatic heterocycles. The number of nitrogens with zero attached hydrogens (tertiary/aromatic N) is 3. The van der Waals surface area contributed by atoms with Crippen molar-refractivity contribution in [3.8, 4) is 11.6 Å². The van der Waals surface area contributed by atoms with Crippen LogP contribution in [-0.4, -0.2) is 27.1 Å². The quantitative estimate of drug-likeness (QED) is 0.522. The zero-order valence-electron chi connectivity index (χ0n) is 18.3. The van der Waals surface area contributed by atoms with Crippen LogP contribution >= 0.6 is 0 Å². The molecule has 7 nitrogen and oxygen atoms in total. The number of carbonyl (C=O) groups excluding carboxylic acids is 1. The Kier molecular flexibility index (Phi) is 5.81. The van der Waals surface area contributed by atoms with E-state index in [4.69, 9.17) is 10.1 Å². The van der Waals surface area contributed by atoms with Crippen molar-refractivity contribution in [2.45, 2.75) is 33.2 Å². The second-order valence-corrected chi connectivity index (χ2v) is 8.16. The minimum Gasteiger partial charge on any atom is -0.439 e. The number of benzene rings is 1. The molecule has 162 valence electrons. The molecule has 1 unspecified atom stereocenters. The number of pyridine rings is 1. The molecule has 1 aromatic carbocycles. The van der Waals surface area contributed by atoms with Crippen molar-refractivity contribution in [1.29, 1.82) is 5.41 Å². The number of aromatic nitrogens is 3. The zero-order chi connectivity index (χ0) is 22.7. The maximum Gasteiger partial charge on any atom is 0.251 e. The first-order valence-corrected chi connectivity index (χ1v) is 10.4. The normalized spacial score (nSPS) is 18.2. The van der Waals surface area contributed by atoms with Crippen LogP contribution in [0.25, 0.3) is 5.57 Å². The van der Waals surface area contributed by atoms with Crippen LogP contribution in [0.3, 0.4) is 0 Å². The highest BCUT2D eigenvalue weighted by Crippen LogP contribution is 2.46. The van der Waals surface area contributed by atoms with Crippen LogP contribution in [0.1, 0.15) is 53.6 Å². The Labute approximate surface area is 187 Å². The topological polar surface area (TPSA) is 101 Å². The number of carbonyl (C=O) groups is 1. The Hall–Kier alpha value is -3.87. The first-order chi connectivity index (χ1) is 15.4. The third-order valence-electron chi connectivity index (χ3n) is 5.65. The first-order valence-electron chi connectivity index (χ1n) is 10.4. The van der Waals surface area contributed by atoms with Gasteiger partial charge in [0, 0.05) is 47.4 Å². The molecule has 2 aromatic heterocycles. The fraction of sp³-hybridized carbons (Fsp3) is 0.240. The van der Waals surface area contributed by atoms with E-state index in [9.17, 15) is 4.79 Å². The van der Waals surface area contributed by atoms with E-state index in [0.29, 0.717) is 23.0 Å². The number of rotatable bonds is 7. The summed E-state index contributed by atoms with van der Waals surface area (Å²) in [6.45, 7) is 5.72. The molecule has 7 heteroatoms. The Balaban J connectivity index is 1.64. The van der Waals surface area contributed by atoms with Gasteiger partial charge in [0.05, 0.1) is 6.04 Å². The molecule has 0 saturated carbocycles. The smallest absolute Gasteiger partial charge is 0.251 e. The fourth-order valence-electron chi connectivity index (χ4n) is 3.57. The van der Waals surface area contributed by atoms with Crippen molar-refractivity contribution in [2.75, 3.05) is 0 Å². The molecule has 1 aliphatic carbocycles. The van der Waals surface area contributed by atoms with Crippen molar-refractivity contribution >= 4 is 17.7 Å². The molecular weight excluding hydrogens is 402 g/mol. The maximum absolute atomic E-state index is 13.1. The lowest BCUT2D eigenvalue weighted by atomic mass is 9.68. The molecule has 0 radical (unpaired) electrons. The van der Waals surface area contributed by atoms with Gasteiger partial charge in [-0.15, -0.1) is 0 Å². The second kappa shape index (κ2) is 8.70. The third kappa shape index (κ3) is 4.42. The lowest BCUT2D eigenvalue weighted by Crippen LogP contribution is -2.28. The van der Waals surface area contributed by atoms with E-state index in [2.05, 4.69) is 26.3 Å². The molecule has 0 bridgehead atoms. The zero-order valence-corrected chi connectivity index (χ0v) is 18.3. The molecule has 0 fully saturated rings. The van der Waals surface area contributed by atoms with Gasteiger partial charge >= 0.3 is 0 Å². The summed E-state index contributed by atoms with van der Waals surface area (Å²) in [6, 6.07) is 10.6. The third-order valence-corrected chi connectivity index (χ3v) is 5.65. The summed E-state index contributed by atoms with van der Waals surface area (Å²) < 4.78 is 5.94. The number of allylic oxidation sites excluding steroid dienone is 2. The average molecular weight is 428 g/mol. The number of aryl methyl sites for hydroxylation is 1. The van der Waals surface area contributed by atoms with E-state index < -0.39 is 0 Å². The van der Waals surface area contributed by atoms with Gasteiger partial charge in [0.25, 0.3) is 5.91 Å². The molecule has 4 rings (SSSR count). The molecule has 32 heavy (non-hydrogen) atoms. The van der Waals surface area contributed by atoms with Crippen LogP contribution in [0, 0.1) is 17.7 Å². The van der Waals surface area contributed by atoms with Gasteiger partial charge in [-0.2, -0.15) is 0 Å². The summed E-state index contributed by atoms with van der Waals surface area (Å²) in [5.41, 5.74) is 2.81. The SMILES string of the molecule is Cc1ncc([C@@H](C)NC(=O)c2cc(Oc3ccccn3)cc(C3=CCC3(C)C=N)c2)cn1. The standard InChI is InChI=1S/C25H25N5O2/c1-16(20-13-28-17(2)29-14-20)30-24(31)19-10-18(22-7-8-25(22,3)15-26)11-21(12-19)32-23-6-4-5-9-27-23/h4-7,9-16,26H,8H2,1-3H3,(H,30,31)/t16-,25?/m1/s1. The predicted octanol–water partition coefficient (Wildman–Crippen LogP) is 4.91. The highest BCUT2D eigenvalue weighted by Gasteiger charge is 2.34. The van der Waals surface area contributed by atoms with Crippen molar-refractivity contribution in [1.82, 2.24) is 20.3 Å². The number of amides is 1. The monoisotopic (exact) mass is 427 g/mol. The summed E-state index contributed by atoms with van der Waals surface area (Å²) >= 11 is 0. The molecule has 0 saturated heterocycles. The van der Waals surface area contributed by atoms with Crippen LogP contribution in [-0.2, 0) is 0 Å². The van der Waals surface area contributed by atoms with Crippen molar-refractivity contribution in [3.63, 3.8) is 0 Å². The lowest BCUT2D eigenvalue weighted by Gasteiger charge is -2.35. The summed E-state index contributed by atoms with van der Waals surface area (Å²) in [5, 5.41) is 10.8. The summed E-state index contributed by atoms with van der Waals surface area (Å²) in [4.78, 5) is 25.7. The van der Waals surface area contributed by atoms with Gasteiger partial charge in [-0.05, 0) is 55.7 Å². The molecule has 2 N–H and O–H groups in total. The van der Waals surface area contributed by atoms with Crippen LogP contribution in [0.15, 0.2) is 61.1 Å². The van der Waals surface area contributed by atoms with Gasteiger partial charge in [-0.25, -0.2) is 15.0 Å². The van der Waals surface area contributed by atoms with Crippen LogP contribution in [0.5, 0.6) is 11.6 Å². The van der Waals surface area contributed by atoms with Crippen molar-refractivity contribution in [3.05, 3.63) is 83.6 Å². The van der Waals surface area contributed by atoms with E-state index in [1.54, 1.807) is 30.7 Å². The van der Waals surface area contributed by atoms with Gasteiger partial charge in [-0.3, -0.25) is 4.79 Å². The minimum absolute atomic E-state index is 0.234. The maximum atomic E-state index is 13.1. The molecular formula is C25H25N5O2. The Morgan fingerprint density at radius 3 is 2.62 bits per heavy atom. The molecule has 1 aliphatic rings. The minimum atomic E-state index is -0.343. The summed E-state index contributed by atoms with van der Waals surface area (Å²) in [7, 11) is 0. The fourth-order valence-corrected chi connectivity index (χ4v) is 3.57. The van der Waals surface area contributed by atoms with Gasteiger partial charge in [0.15, 0.2) is 0 Å². The Morgan fingerprint density at radius 2 is 2.00 bits per heavy atom. The van der Waals surface area contributed by atoms with E-state index in [1.807, 2.05) is 45.0 Å². The summed E-state index contributed by atoms with van der Waals surface area (Å²) in [5.74, 6) is 1.40. The molecule has 2 atom stereocenters. The van der Waals surface area contributed by atoms with E-state index in [1.165, 1.54) is 6.21 Å². The van der Waals surface area contributed by atoms with Gasteiger partial charge in [0.1, 0.15) is 11.6 Å². The molecule has 0 spiro atoms. The molecule has 1 amide bonds. The highest BCUT2D eigenvalue weighted by atomic mass is 16.5. The van der Waals surface area contributed by atoms with Gasteiger partial charge < -0.3 is 15.5 Å². The number of nitrogens with one attached hydrogen (secondary N) is 2. The average Bonchev–Trinajstić information content (AvgIpc) is 2.78. The van der Waals surface area contributed by atoms with Gasteiger partial charge in [0.2, 0.25) is 5.88 Å². The molecule has 2 heterocycles. The van der Waals surface area contributed by atoms with Crippen LogP contribution in [0.4, 0.5) is 0 Å². The largest absolute Gasteiger partial charge is 0.439 e. The predicted molar refractivity (Wildman–Crippen MR) is 123 cm³/mol. The Bertz CT molecular complexity index is 1170. The number of ether oxygens (including phenoxy) is 1. The van der Waals surface area contributed by atoms with E-state index in [-0.39, 0.29) is 17.4 Å². The number of hydrogen-bond acceptors (Lipinski definition) is 6. The van der Waals surface area contributed by atoms with Crippen LogP contribution in [0.2, 0.25) is 0 Å².